The first-order valence-electron chi connectivity index (χ1n) is 2.38. The third-order valence-corrected chi connectivity index (χ3v) is 2.15. The van der Waals surface area contributed by atoms with E-state index in [1.54, 1.807) is 6.20 Å². The van der Waals surface area contributed by atoms with E-state index < -0.39 is 0 Å². The van der Waals surface area contributed by atoms with Gasteiger partial charge >= 0.3 is 0 Å². The van der Waals surface area contributed by atoms with Gasteiger partial charge < -0.3 is 0 Å². The molecule has 1 aliphatic rings. The molecule has 0 bridgehead atoms. The number of halogens is 3. The summed E-state index contributed by atoms with van der Waals surface area (Å²) in [6, 6.07) is 0. The SMILES string of the molecule is ClC1=NC=CC(Cl)(I)C1. The Kier molecular flexibility index (Phi) is 2.40. The standard InChI is InChI=1S/C5H4Cl2IN/c6-4-3-5(7,8)1-2-9-4/h1-2H,3H2. The van der Waals surface area contributed by atoms with Crippen LogP contribution in [-0.4, -0.2) is 8.05 Å². The molecule has 0 fully saturated rings. The Hall–Kier alpha value is 0.720. The van der Waals surface area contributed by atoms with Gasteiger partial charge in [0.15, 0.2) is 0 Å². The Morgan fingerprint density at radius 2 is 2.44 bits per heavy atom. The number of aliphatic imine (C=N–C) groups is 1. The summed E-state index contributed by atoms with van der Waals surface area (Å²) in [5, 5.41) is 0.571. The zero-order valence-corrected chi connectivity index (χ0v) is 8.11. The van der Waals surface area contributed by atoms with E-state index in [2.05, 4.69) is 27.6 Å². The molecular weight excluding hydrogens is 272 g/mol. The van der Waals surface area contributed by atoms with Crippen LogP contribution in [0.4, 0.5) is 0 Å². The number of hydrogen-bond acceptors (Lipinski definition) is 1. The summed E-state index contributed by atoms with van der Waals surface area (Å²) >= 11 is 13.6. The molecule has 4 heteroatoms. The van der Waals surface area contributed by atoms with Crippen molar-refractivity contribution < 1.29 is 0 Å². The lowest BCUT2D eigenvalue weighted by Gasteiger charge is -2.15. The maximum Gasteiger partial charge on any atom is 0.122 e. The van der Waals surface area contributed by atoms with Crippen LogP contribution < -0.4 is 0 Å². The molecule has 0 spiro atoms. The summed E-state index contributed by atoms with van der Waals surface area (Å²) < 4.78 is -0.351. The normalized spacial score (nSPS) is 34.3. The monoisotopic (exact) mass is 275 g/mol. The van der Waals surface area contributed by atoms with Gasteiger partial charge in [0.2, 0.25) is 0 Å². The van der Waals surface area contributed by atoms with E-state index in [0.29, 0.717) is 11.6 Å². The van der Waals surface area contributed by atoms with Crippen molar-refractivity contribution in [2.24, 2.45) is 4.99 Å². The molecule has 1 aliphatic heterocycles. The first-order valence-corrected chi connectivity index (χ1v) is 4.21. The molecule has 0 aromatic carbocycles. The molecule has 1 rings (SSSR count). The van der Waals surface area contributed by atoms with Gasteiger partial charge in [-0.25, -0.2) is 4.99 Å². The molecule has 0 aliphatic carbocycles. The molecule has 0 aromatic rings. The van der Waals surface area contributed by atoms with E-state index in [0.717, 1.165) is 0 Å². The Bertz CT molecular complexity index is 174. The minimum atomic E-state index is -0.351. The molecule has 0 N–H and O–H groups in total. The summed E-state index contributed by atoms with van der Waals surface area (Å²) in [5.41, 5.74) is 0. The van der Waals surface area contributed by atoms with E-state index in [4.69, 9.17) is 23.2 Å². The predicted octanol–water partition coefficient (Wildman–Crippen LogP) is 2.91. The molecule has 1 heterocycles. The van der Waals surface area contributed by atoms with Gasteiger partial charge in [-0.1, -0.05) is 34.2 Å². The Morgan fingerprint density at radius 1 is 1.78 bits per heavy atom. The second kappa shape index (κ2) is 2.76. The van der Waals surface area contributed by atoms with Crippen LogP contribution in [0.25, 0.3) is 0 Å². The van der Waals surface area contributed by atoms with E-state index in [1.165, 1.54) is 0 Å². The van der Waals surface area contributed by atoms with Crippen molar-refractivity contribution in [1.82, 2.24) is 0 Å². The van der Waals surface area contributed by atoms with Gasteiger partial charge in [-0.05, 0) is 6.08 Å². The first kappa shape index (κ1) is 7.82. The number of alkyl halides is 2. The maximum absolute atomic E-state index is 5.90. The zero-order chi connectivity index (χ0) is 6.91. The van der Waals surface area contributed by atoms with Crippen LogP contribution in [0.5, 0.6) is 0 Å². The topological polar surface area (TPSA) is 12.4 Å². The van der Waals surface area contributed by atoms with Crippen molar-refractivity contribution in [1.29, 1.82) is 0 Å². The minimum Gasteiger partial charge on any atom is -0.249 e. The summed E-state index contributed by atoms with van der Waals surface area (Å²) in [5.74, 6) is 0. The molecule has 9 heavy (non-hydrogen) atoms. The highest BCUT2D eigenvalue weighted by Gasteiger charge is 2.23. The van der Waals surface area contributed by atoms with Gasteiger partial charge in [-0.3, -0.25) is 0 Å². The van der Waals surface area contributed by atoms with Gasteiger partial charge in [-0.15, -0.1) is 11.6 Å². The fourth-order valence-electron chi connectivity index (χ4n) is 0.526. The molecule has 50 valence electrons. The highest BCUT2D eigenvalue weighted by Crippen LogP contribution is 2.33. The maximum atomic E-state index is 5.90. The summed E-state index contributed by atoms with van der Waals surface area (Å²) in [6.45, 7) is 0. The lowest BCUT2D eigenvalue weighted by atomic mass is 10.3. The molecule has 0 saturated heterocycles. The fourth-order valence-corrected chi connectivity index (χ4v) is 1.79. The third-order valence-electron chi connectivity index (χ3n) is 0.915. The van der Waals surface area contributed by atoms with Gasteiger partial charge in [0.1, 0.15) is 8.05 Å². The second-order valence-corrected chi connectivity index (χ2v) is 5.43. The van der Waals surface area contributed by atoms with Gasteiger partial charge in [0, 0.05) is 12.6 Å². The molecule has 0 saturated carbocycles. The minimum absolute atomic E-state index is 0.351. The van der Waals surface area contributed by atoms with Crippen molar-refractivity contribution in [3.63, 3.8) is 0 Å². The molecule has 0 amide bonds. The quantitative estimate of drug-likeness (QED) is 0.476. The van der Waals surface area contributed by atoms with E-state index in [-0.39, 0.29) is 2.88 Å². The number of hydrogen-bond donors (Lipinski definition) is 0. The summed E-state index contributed by atoms with van der Waals surface area (Å²) in [6.07, 6.45) is 4.07. The van der Waals surface area contributed by atoms with Crippen LogP contribution in [-0.2, 0) is 0 Å². The lowest BCUT2D eigenvalue weighted by Crippen LogP contribution is -2.13. The van der Waals surface area contributed by atoms with Crippen LogP contribution >= 0.6 is 45.8 Å². The Labute approximate surface area is 77.3 Å². The molecule has 1 unspecified atom stereocenters. The molecule has 0 aromatic heterocycles. The lowest BCUT2D eigenvalue weighted by molar-refractivity contribution is 1.05. The van der Waals surface area contributed by atoms with Crippen molar-refractivity contribution in [2.75, 3.05) is 0 Å². The van der Waals surface area contributed by atoms with Crippen molar-refractivity contribution in [3.05, 3.63) is 12.3 Å². The zero-order valence-electron chi connectivity index (χ0n) is 4.44. The van der Waals surface area contributed by atoms with Crippen LogP contribution in [0.15, 0.2) is 17.3 Å². The number of allylic oxidation sites excluding steroid dienone is 1. The summed E-state index contributed by atoms with van der Waals surface area (Å²) in [4.78, 5) is 3.84. The Morgan fingerprint density at radius 3 is 2.78 bits per heavy atom. The number of rotatable bonds is 0. The van der Waals surface area contributed by atoms with Gasteiger partial charge in [0.25, 0.3) is 0 Å². The van der Waals surface area contributed by atoms with Crippen LogP contribution in [0.2, 0.25) is 0 Å². The Balaban J connectivity index is 2.73. The fraction of sp³-hybridized carbons (Fsp3) is 0.400. The molecule has 1 atom stereocenters. The van der Waals surface area contributed by atoms with Gasteiger partial charge in [0.05, 0.1) is 0 Å². The van der Waals surface area contributed by atoms with Crippen LogP contribution in [0.3, 0.4) is 0 Å². The van der Waals surface area contributed by atoms with Crippen molar-refractivity contribution >= 4 is 51.0 Å². The highest BCUT2D eigenvalue weighted by molar-refractivity contribution is 14.1. The average molecular weight is 276 g/mol. The van der Waals surface area contributed by atoms with Crippen LogP contribution in [0, 0.1) is 0 Å². The molecule has 0 radical (unpaired) electrons. The predicted molar refractivity (Wildman–Crippen MR) is 49.6 cm³/mol. The van der Waals surface area contributed by atoms with Crippen molar-refractivity contribution in [2.45, 2.75) is 9.30 Å². The third kappa shape index (κ3) is 2.43. The smallest absolute Gasteiger partial charge is 0.122 e. The average Bonchev–Trinajstić information content (AvgIpc) is 1.60. The molecular formula is C5H4Cl2IN. The summed E-state index contributed by atoms with van der Waals surface area (Å²) in [7, 11) is 0. The van der Waals surface area contributed by atoms with Crippen LogP contribution in [0.1, 0.15) is 6.42 Å². The van der Waals surface area contributed by atoms with Crippen molar-refractivity contribution in [3.8, 4) is 0 Å². The van der Waals surface area contributed by atoms with Gasteiger partial charge in [-0.2, -0.15) is 0 Å². The van der Waals surface area contributed by atoms with E-state index >= 15 is 0 Å². The number of nitrogens with zero attached hydrogens (tertiary/aromatic N) is 1. The van der Waals surface area contributed by atoms with E-state index in [1.807, 2.05) is 6.08 Å². The van der Waals surface area contributed by atoms with E-state index in [9.17, 15) is 0 Å². The second-order valence-electron chi connectivity index (χ2n) is 1.76. The highest BCUT2D eigenvalue weighted by atomic mass is 127. The first-order chi connectivity index (χ1) is 4.10. The molecule has 1 nitrogen and oxygen atoms in total. The largest absolute Gasteiger partial charge is 0.249 e.